The second-order valence-electron chi connectivity index (χ2n) is 12.8. The molecule has 0 spiro atoms. The molecular weight excluding hydrogens is 607 g/mol. The zero-order valence-corrected chi connectivity index (χ0v) is 27.2. The van der Waals surface area contributed by atoms with E-state index in [1.54, 1.807) is 0 Å². The van der Waals surface area contributed by atoms with Crippen LogP contribution >= 0.6 is 0 Å². The van der Waals surface area contributed by atoms with Crippen molar-refractivity contribution in [2.45, 2.75) is 0 Å². The summed E-state index contributed by atoms with van der Waals surface area (Å²) in [5.74, 6) is 0. The summed E-state index contributed by atoms with van der Waals surface area (Å²) >= 11 is 0. The van der Waals surface area contributed by atoms with E-state index in [1.807, 2.05) is 12.3 Å². The van der Waals surface area contributed by atoms with E-state index in [4.69, 9.17) is 4.98 Å². The molecule has 10 aromatic rings. The van der Waals surface area contributed by atoms with E-state index in [-0.39, 0.29) is 0 Å². The van der Waals surface area contributed by atoms with Gasteiger partial charge in [-0.05, 0) is 81.5 Å². The van der Waals surface area contributed by atoms with Crippen LogP contribution in [0.15, 0.2) is 188 Å². The molecule has 2 heterocycles. The van der Waals surface area contributed by atoms with Crippen molar-refractivity contribution in [3.8, 4) is 16.9 Å². The smallest absolute Gasteiger partial charge is 0.0703 e. The maximum absolute atomic E-state index is 5.00. The van der Waals surface area contributed by atoms with Crippen LogP contribution in [0.5, 0.6) is 0 Å². The Morgan fingerprint density at radius 2 is 1.04 bits per heavy atom. The number of rotatable bonds is 5. The van der Waals surface area contributed by atoms with Crippen LogP contribution in [-0.2, 0) is 0 Å². The van der Waals surface area contributed by atoms with Gasteiger partial charge in [-0.3, -0.25) is 4.98 Å². The summed E-state index contributed by atoms with van der Waals surface area (Å²) in [6.07, 6.45) is 2.01. The highest BCUT2D eigenvalue weighted by Gasteiger charge is 2.20. The molecule has 0 aliphatic carbocycles. The Morgan fingerprint density at radius 3 is 1.88 bits per heavy atom. The predicted octanol–water partition coefficient (Wildman–Crippen LogP) is 12.8. The fraction of sp³-hybridized carbons (Fsp3) is 0. The van der Waals surface area contributed by atoms with Crippen molar-refractivity contribution in [2.75, 3.05) is 4.90 Å². The molecule has 0 bridgehead atoms. The Morgan fingerprint density at radius 1 is 0.400 bits per heavy atom. The van der Waals surface area contributed by atoms with Gasteiger partial charge < -0.3 is 9.47 Å². The number of anilines is 3. The number of hydrogen-bond donors (Lipinski definition) is 0. The lowest BCUT2D eigenvalue weighted by Gasteiger charge is -2.27. The van der Waals surface area contributed by atoms with Gasteiger partial charge in [0.1, 0.15) is 0 Å². The minimum atomic E-state index is 0.950. The van der Waals surface area contributed by atoms with Gasteiger partial charge in [-0.25, -0.2) is 0 Å². The summed E-state index contributed by atoms with van der Waals surface area (Å²) in [5, 5.41) is 9.89. The van der Waals surface area contributed by atoms with Crippen LogP contribution in [0.1, 0.15) is 0 Å². The zero-order chi connectivity index (χ0) is 33.0. The van der Waals surface area contributed by atoms with E-state index in [9.17, 15) is 0 Å². The molecule has 0 aliphatic rings. The highest BCUT2D eigenvalue weighted by Crippen LogP contribution is 2.43. The molecule has 2 aromatic heterocycles. The molecule has 0 saturated carbocycles. The summed E-state index contributed by atoms with van der Waals surface area (Å²) < 4.78 is 2.36. The number of para-hydroxylation sites is 2. The fourth-order valence-corrected chi connectivity index (χ4v) is 7.72. The van der Waals surface area contributed by atoms with Crippen LogP contribution < -0.4 is 4.90 Å². The molecule has 0 N–H and O–H groups in total. The molecule has 50 heavy (non-hydrogen) atoms. The Hall–Kier alpha value is -6.71. The molecule has 10 rings (SSSR count). The number of benzene rings is 8. The number of nitrogens with zero attached hydrogens (tertiary/aromatic N) is 3. The van der Waals surface area contributed by atoms with Crippen LogP contribution in [0.2, 0.25) is 0 Å². The first-order valence-corrected chi connectivity index (χ1v) is 17.1. The monoisotopic (exact) mass is 637 g/mol. The van der Waals surface area contributed by atoms with Crippen LogP contribution in [0.4, 0.5) is 17.1 Å². The van der Waals surface area contributed by atoms with E-state index >= 15 is 0 Å². The molecule has 0 atom stereocenters. The second kappa shape index (κ2) is 11.5. The number of hydrogen-bond acceptors (Lipinski definition) is 2. The summed E-state index contributed by atoms with van der Waals surface area (Å²) in [6.45, 7) is 0. The summed E-state index contributed by atoms with van der Waals surface area (Å²) in [6, 6.07) is 65.3. The van der Waals surface area contributed by atoms with Gasteiger partial charge in [-0.15, -0.1) is 0 Å². The van der Waals surface area contributed by atoms with Gasteiger partial charge in [-0.2, -0.15) is 0 Å². The molecule has 3 nitrogen and oxygen atoms in total. The molecule has 8 aromatic carbocycles. The van der Waals surface area contributed by atoms with E-state index in [1.165, 1.54) is 54.1 Å². The first kappa shape index (κ1) is 28.3. The molecule has 0 radical (unpaired) electrons. The van der Waals surface area contributed by atoms with Crippen molar-refractivity contribution >= 4 is 71.2 Å². The maximum atomic E-state index is 5.00. The van der Waals surface area contributed by atoms with E-state index in [2.05, 4.69) is 185 Å². The number of aromatic nitrogens is 2. The summed E-state index contributed by atoms with van der Waals surface area (Å²) in [7, 11) is 0. The number of pyridine rings is 1. The lowest BCUT2D eigenvalue weighted by molar-refractivity contribution is 1.18. The quantitative estimate of drug-likeness (QED) is 0.175. The highest BCUT2D eigenvalue weighted by atomic mass is 15.1. The maximum Gasteiger partial charge on any atom is 0.0703 e. The molecule has 0 amide bonds. The Bertz CT molecular complexity index is 2850. The van der Waals surface area contributed by atoms with Crippen LogP contribution in [0, 0.1) is 0 Å². The summed E-state index contributed by atoms with van der Waals surface area (Å²) in [5.41, 5.74) is 8.76. The molecule has 0 unspecified atom stereocenters. The minimum absolute atomic E-state index is 0.950. The average molecular weight is 638 g/mol. The zero-order valence-electron chi connectivity index (χ0n) is 27.2. The third-order valence-corrected chi connectivity index (χ3v) is 10.0. The SMILES string of the molecule is c1ccc(-c2ccc(N(c3ccc4c(c3)c3ccccc3n4-c3ccccc3)c3cccc4c3ccc3c5ccccc5ccc43)cn2)cc1. The standard InChI is InChI=1S/C47H31N3/c1-3-13-33(14-4-1)44-28-23-36(31-48-44)49(45-21-11-19-38-40-25-22-32-12-7-8-17-37(32)39(40)26-27-42(38)45)35-24-29-47-43(30-35)41-18-9-10-20-46(41)50(47)34-15-5-2-6-16-34/h1-31H. The lowest BCUT2D eigenvalue weighted by atomic mass is 9.96. The van der Waals surface area contributed by atoms with Crippen molar-refractivity contribution in [3.05, 3.63) is 188 Å². The normalized spacial score (nSPS) is 11.6. The molecule has 0 aliphatic heterocycles. The third-order valence-electron chi connectivity index (χ3n) is 10.0. The Labute approximate surface area is 289 Å². The van der Waals surface area contributed by atoms with Crippen molar-refractivity contribution in [3.63, 3.8) is 0 Å². The van der Waals surface area contributed by atoms with Crippen LogP contribution in [0.3, 0.4) is 0 Å². The van der Waals surface area contributed by atoms with Crippen LogP contribution in [-0.4, -0.2) is 9.55 Å². The fourth-order valence-electron chi connectivity index (χ4n) is 7.72. The van der Waals surface area contributed by atoms with Crippen molar-refractivity contribution < 1.29 is 0 Å². The molecular formula is C47H31N3. The minimum Gasteiger partial charge on any atom is -0.309 e. The lowest BCUT2D eigenvalue weighted by Crippen LogP contribution is -2.11. The van der Waals surface area contributed by atoms with Crippen LogP contribution in [0.25, 0.3) is 71.1 Å². The molecule has 234 valence electrons. The second-order valence-corrected chi connectivity index (χ2v) is 12.8. The van der Waals surface area contributed by atoms with Crippen molar-refractivity contribution in [1.29, 1.82) is 0 Å². The van der Waals surface area contributed by atoms with Gasteiger partial charge >= 0.3 is 0 Å². The average Bonchev–Trinajstić information content (AvgIpc) is 3.52. The summed E-state index contributed by atoms with van der Waals surface area (Å²) in [4.78, 5) is 7.36. The van der Waals surface area contributed by atoms with Gasteiger partial charge in [0.2, 0.25) is 0 Å². The van der Waals surface area contributed by atoms with Crippen molar-refractivity contribution in [1.82, 2.24) is 9.55 Å². The van der Waals surface area contributed by atoms with E-state index < -0.39 is 0 Å². The number of fused-ring (bicyclic) bond motifs is 8. The third kappa shape index (κ3) is 4.48. The Balaban J connectivity index is 1.22. The Kier molecular flexibility index (Phi) is 6.49. The molecule has 0 saturated heterocycles. The highest BCUT2D eigenvalue weighted by molar-refractivity contribution is 6.20. The largest absolute Gasteiger partial charge is 0.309 e. The van der Waals surface area contributed by atoms with Gasteiger partial charge in [0.05, 0.1) is 34.3 Å². The first-order chi connectivity index (χ1) is 24.8. The van der Waals surface area contributed by atoms with E-state index in [0.29, 0.717) is 0 Å². The topological polar surface area (TPSA) is 21.1 Å². The van der Waals surface area contributed by atoms with Gasteiger partial charge in [0.25, 0.3) is 0 Å². The van der Waals surface area contributed by atoms with E-state index in [0.717, 1.165) is 34.0 Å². The molecule has 0 fully saturated rings. The van der Waals surface area contributed by atoms with Gasteiger partial charge in [-0.1, -0.05) is 127 Å². The predicted molar refractivity (Wildman–Crippen MR) is 211 cm³/mol. The van der Waals surface area contributed by atoms with Gasteiger partial charge in [0, 0.05) is 33.1 Å². The molecule has 3 heteroatoms. The first-order valence-electron chi connectivity index (χ1n) is 17.1. The van der Waals surface area contributed by atoms with Crippen molar-refractivity contribution in [2.24, 2.45) is 0 Å². The van der Waals surface area contributed by atoms with Gasteiger partial charge in [0.15, 0.2) is 0 Å².